The van der Waals surface area contributed by atoms with Crippen LogP contribution in [0.3, 0.4) is 0 Å². The van der Waals surface area contributed by atoms with Crippen LogP contribution in [-0.4, -0.2) is 261 Å². The smallest absolute Gasteiger partial charge is 0.139 e. The summed E-state index contributed by atoms with van der Waals surface area (Å²) in [7, 11) is 6.59. The molecule has 0 radical (unpaired) electrons. The molecule has 8 bridgehead atoms. The largest absolute Gasteiger partial charge is 0.491 e. The number of hydrogen-bond acceptors (Lipinski definition) is 24. The van der Waals surface area contributed by atoms with E-state index in [4.69, 9.17) is 105 Å². The van der Waals surface area contributed by atoms with Crippen LogP contribution in [0.15, 0.2) is 167 Å². The molecule has 0 spiro atoms. The normalized spacial score (nSPS) is 13.4. The Hall–Kier alpha value is -8.10. The van der Waals surface area contributed by atoms with E-state index in [9.17, 15) is 0 Å². The van der Waals surface area contributed by atoms with E-state index in [2.05, 4.69) is 44.0 Å². The summed E-state index contributed by atoms with van der Waals surface area (Å²) in [6.45, 7) is 14.8. The highest BCUT2D eigenvalue weighted by Gasteiger charge is 2.28. The van der Waals surface area contributed by atoms with E-state index < -0.39 is 0 Å². The predicted octanol–water partition coefficient (Wildman–Crippen LogP) is 10.1. The Morgan fingerprint density at radius 3 is 0.731 bits per heavy atom. The van der Waals surface area contributed by atoms with Crippen molar-refractivity contribution in [3.8, 4) is 23.0 Å². The van der Waals surface area contributed by atoms with E-state index in [1.165, 1.54) is 0 Å². The molecule has 0 aliphatic carbocycles. The van der Waals surface area contributed by atoms with Crippen LogP contribution in [0.5, 0.6) is 23.0 Å². The molecule has 26 nitrogen and oxygen atoms in total. The van der Waals surface area contributed by atoms with E-state index in [0.29, 0.717) is 246 Å². The van der Waals surface area contributed by atoms with Crippen LogP contribution < -0.4 is 28.7 Å². The maximum atomic E-state index is 6.20. The topological polar surface area (TPSA) is 247 Å². The monoisotopic (exact) mass is 1440 g/mol. The third-order valence-corrected chi connectivity index (χ3v) is 15.7. The Morgan fingerprint density at radius 1 is 0.250 bits per heavy atom. The number of hydrogen-bond donors (Lipinski definition) is 2. The van der Waals surface area contributed by atoms with Gasteiger partial charge in [-0.2, -0.15) is 0 Å². The van der Waals surface area contributed by atoms with Crippen LogP contribution in [0.2, 0.25) is 0 Å². The van der Waals surface area contributed by atoms with E-state index >= 15 is 0 Å². The van der Waals surface area contributed by atoms with Gasteiger partial charge >= 0.3 is 0 Å². The van der Waals surface area contributed by atoms with Gasteiger partial charge in [0.25, 0.3) is 0 Å². The lowest BCUT2D eigenvalue weighted by Crippen LogP contribution is -2.24. The second kappa shape index (κ2) is 48.1. The minimum Gasteiger partial charge on any atom is -0.491 e. The second-order valence-electron chi connectivity index (χ2n) is 23.1. The first-order valence-electron chi connectivity index (χ1n) is 35.4. The van der Waals surface area contributed by atoms with Crippen molar-refractivity contribution in [1.29, 1.82) is 0 Å². The number of benzene rings is 4. The molecule has 0 saturated heterocycles. The molecule has 0 amide bonds. The summed E-state index contributed by atoms with van der Waals surface area (Å²) in [6, 6.07) is 40.2. The highest BCUT2D eigenvalue weighted by molar-refractivity contribution is 6.15. The van der Waals surface area contributed by atoms with Gasteiger partial charge in [0, 0.05) is 62.3 Å². The molecule has 2 N–H and O–H groups in total. The van der Waals surface area contributed by atoms with Crippen molar-refractivity contribution < 1.29 is 94.7 Å². The number of aliphatic imine (C=N–C) groups is 2. The maximum absolute atomic E-state index is 6.20. The summed E-state index contributed by atoms with van der Waals surface area (Å²) in [5.41, 5.74) is 8.20. The van der Waals surface area contributed by atoms with Crippen molar-refractivity contribution in [2.75, 3.05) is 250 Å². The SMILES string of the molecule is COCCOCCOCCOCCOc1ccc(C2=C3C=CC(=N3)N(c3ccc(OCCOCCOCCOCCOC)cc3)c3ccc([nH]3)C(c3ccc(OCCOCCOCCOCCOC)cc3)=C3C=CC(=N3)N(c3ccc(OCCOCCOCCOCCOC)cc3)c3ccc2[nH]3)cc1. The average molecular weight is 1440 g/mol. The highest BCUT2D eigenvalue weighted by Crippen LogP contribution is 2.40. The lowest BCUT2D eigenvalue weighted by molar-refractivity contribution is 0.000164. The van der Waals surface area contributed by atoms with Crippen molar-refractivity contribution in [3.63, 3.8) is 0 Å². The van der Waals surface area contributed by atoms with Gasteiger partial charge in [0.15, 0.2) is 0 Å². The number of amidine groups is 2. The Bertz CT molecular complexity index is 3310. The van der Waals surface area contributed by atoms with Crippen LogP contribution in [0.1, 0.15) is 22.5 Å². The lowest BCUT2D eigenvalue weighted by atomic mass is 10.0. The number of aromatic nitrogens is 2. The number of rotatable bonds is 56. The fraction of sp³-hybridized carbons (Fsp3) is 0.462. The molecule has 0 atom stereocenters. The van der Waals surface area contributed by atoms with E-state index in [-0.39, 0.29) is 0 Å². The van der Waals surface area contributed by atoms with Crippen molar-refractivity contribution in [1.82, 2.24) is 9.97 Å². The van der Waals surface area contributed by atoms with Crippen LogP contribution in [0.4, 0.5) is 23.0 Å². The molecule has 5 heterocycles. The van der Waals surface area contributed by atoms with Gasteiger partial charge < -0.3 is 105 Å². The fourth-order valence-corrected chi connectivity index (χ4v) is 10.7. The zero-order valence-electron chi connectivity index (χ0n) is 60.4. The molecule has 564 valence electrons. The molecule has 0 saturated carbocycles. The maximum Gasteiger partial charge on any atom is 0.139 e. The zero-order valence-corrected chi connectivity index (χ0v) is 60.4. The Labute approximate surface area is 610 Å². The van der Waals surface area contributed by atoms with Gasteiger partial charge in [0.05, 0.1) is 196 Å². The number of fused-ring (bicyclic) bond motifs is 6. The molecular weight excluding hydrogens is 1340 g/mol. The third-order valence-electron chi connectivity index (χ3n) is 15.7. The van der Waals surface area contributed by atoms with E-state index in [1.807, 2.05) is 121 Å². The standard InChI is InChI=1S/C78H102N6O20/c1-85-29-33-89-37-41-93-45-49-97-53-57-101-65-13-5-61(6-14-65)77-69-21-25-73(79-69)83(63-9-17-67(18-10-63)103-59-55-99-51-47-95-43-39-91-35-31-87-3)75-27-23-71(81-75)78(62-7-15-66(16-8-62)102-58-54-98-50-46-94-42-38-90-34-30-86-2)72-24-28-76(82-72)84(74-26-22-70(77)80-74)64-11-19-68(20-12-64)104-60-56-100-52-48-96-44-40-92-36-32-88-4/h5-28,79,82H,29-60H2,1-4H3. The number of anilines is 4. The molecule has 2 aromatic heterocycles. The van der Waals surface area contributed by atoms with Crippen molar-refractivity contribution in [2.45, 2.75) is 0 Å². The highest BCUT2D eigenvalue weighted by atomic mass is 16.6. The van der Waals surface area contributed by atoms with Gasteiger partial charge in [0.1, 0.15) is 72.7 Å². The van der Waals surface area contributed by atoms with Crippen LogP contribution in [0, 0.1) is 0 Å². The molecule has 3 aliphatic heterocycles. The number of methoxy groups -OCH3 is 4. The molecular formula is C78H102N6O20. The van der Waals surface area contributed by atoms with Crippen molar-refractivity contribution in [3.05, 3.63) is 180 Å². The predicted molar refractivity (Wildman–Crippen MR) is 396 cm³/mol. The van der Waals surface area contributed by atoms with Crippen LogP contribution >= 0.6 is 0 Å². The summed E-state index contributed by atoms with van der Waals surface area (Å²) in [4.78, 5) is 22.9. The summed E-state index contributed by atoms with van der Waals surface area (Å²) in [5.74, 6) is 5.56. The van der Waals surface area contributed by atoms with E-state index in [0.717, 1.165) is 68.1 Å². The molecule has 0 unspecified atom stereocenters. The summed E-state index contributed by atoms with van der Waals surface area (Å²) in [6.07, 6.45) is 8.17. The molecule has 26 heteroatoms. The van der Waals surface area contributed by atoms with Crippen molar-refractivity contribution >= 4 is 45.8 Å². The summed E-state index contributed by atoms with van der Waals surface area (Å²) in [5, 5.41) is 0. The number of ether oxygens (including phenoxy) is 20. The first-order chi connectivity index (χ1) is 51.5. The molecule has 104 heavy (non-hydrogen) atoms. The zero-order chi connectivity index (χ0) is 72.1. The quantitative estimate of drug-likeness (QED) is 0.0337. The second-order valence-corrected chi connectivity index (χ2v) is 23.1. The number of aromatic amines is 2. The van der Waals surface area contributed by atoms with E-state index in [1.54, 1.807) is 28.4 Å². The number of nitrogens with zero attached hydrogens (tertiary/aromatic N) is 4. The van der Waals surface area contributed by atoms with Crippen molar-refractivity contribution in [2.24, 2.45) is 9.98 Å². The molecule has 3 aliphatic rings. The van der Waals surface area contributed by atoms with Gasteiger partial charge in [-0.3, -0.25) is 9.80 Å². The Balaban J connectivity index is 0.980. The number of allylic oxidation sites excluding steroid dienone is 2. The lowest BCUT2D eigenvalue weighted by Gasteiger charge is -2.23. The Kier molecular flexibility index (Phi) is 37.0. The Morgan fingerprint density at radius 2 is 0.481 bits per heavy atom. The summed E-state index contributed by atoms with van der Waals surface area (Å²) < 4.78 is 113. The molecule has 9 rings (SSSR count). The van der Waals surface area contributed by atoms with Gasteiger partial charge in [-0.25, -0.2) is 9.98 Å². The third kappa shape index (κ3) is 27.4. The van der Waals surface area contributed by atoms with Crippen LogP contribution in [-0.2, 0) is 75.8 Å². The molecule has 6 aromatic rings. The van der Waals surface area contributed by atoms with Gasteiger partial charge in [0.2, 0.25) is 0 Å². The first kappa shape index (κ1) is 80.0. The van der Waals surface area contributed by atoms with Gasteiger partial charge in [-0.05, 0) is 132 Å². The number of H-pyrrole nitrogens is 2. The number of nitrogens with one attached hydrogen (secondary N) is 2. The molecule has 0 fully saturated rings. The van der Waals surface area contributed by atoms with Gasteiger partial charge in [-0.1, -0.05) is 24.3 Å². The average Bonchev–Trinajstić information content (AvgIpc) is 1.61. The first-order valence-corrected chi connectivity index (χ1v) is 35.4. The minimum absolute atomic E-state index is 0.351. The van der Waals surface area contributed by atoms with Gasteiger partial charge in [-0.15, -0.1) is 0 Å². The van der Waals surface area contributed by atoms with Crippen LogP contribution in [0.25, 0.3) is 11.1 Å². The summed E-state index contributed by atoms with van der Waals surface area (Å²) >= 11 is 0. The minimum atomic E-state index is 0.351. The molecule has 4 aromatic carbocycles. The fourth-order valence-electron chi connectivity index (χ4n) is 10.7.